The highest BCUT2D eigenvalue weighted by Gasteiger charge is 2.19. The van der Waals surface area contributed by atoms with Crippen molar-refractivity contribution in [3.05, 3.63) is 42.5 Å². The van der Waals surface area contributed by atoms with E-state index in [0.717, 1.165) is 5.69 Å². The molecule has 1 unspecified atom stereocenters. The third kappa shape index (κ3) is 2.81. The van der Waals surface area contributed by atoms with Crippen LogP contribution in [-0.4, -0.2) is 30.5 Å². The van der Waals surface area contributed by atoms with E-state index in [1.165, 1.54) is 0 Å². The molecule has 3 nitrogen and oxygen atoms in total. The summed E-state index contributed by atoms with van der Waals surface area (Å²) in [7, 11) is 0. The van der Waals surface area contributed by atoms with E-state index in [1.807, 2.05) is 42.5 Å². The molecule has 0 aliphatic carbocycles. The summed E-state index contributed by atoms with van der Waals surface area (Å²) in [6.45, 7) is 1.10. The Morgan fingerprint density at radius 3 is 2.87 bits per heavy atom. The van der Waals surface area contributed by atoms with E-state index < -0.39 is 6.10 Å². The van der Waals surface area contributed by atoms with Crippen molar-refractivity contribution in [1.82, 2.24) is 0 Å². The Hall–Kier alpha value is -1.32. The van der Waals surface area contributed by atoms with E-state index >= 15 is 0 Å². The summed E-state index contributed by atoms with van der Waals surface area (Å²) in [5.74, 6) is 0. The number of aliphatic hydroxyl groups excluding tert-OH is 1. The normalized spacial score (nSPS) is 21.5. The lowest BCUT2D eigenvalue weighted by Crippen LogP contribution is -2.31. The van der Waals surface area contributed by atoms with Crippen molar-refractivity contribution in [2.24, 2.45) is 0 Å². The SMILES string of the molecule is O[C@H](CNc1ccccc1)C1C=CCO1. The predicted octanol–water partition coefficient (Wildman–Crippen LogP) is 1.41. The summed E-state index contributed by atoms with van der Waals surface area (Å²) in [4.78, 5) is 0. The van der Waals surface area contributed by atoms with Gasteiger partial charge in [0.15, 0.2) is 0 Å². The quantitative estimate of drug-likeness (QED) is 0.730. The largest absolute Gasteiger partial charge is 0.388 e. The van der Waals surface area contributed by atoms with E-state index in [1.54, 1.807) is 0 Å². The molecule has 1 aliphatic rings. The molecular formula is C12H15NO2. The van der Waals surface area contributed by atoms with Crippen molar-refractivity contribution in [2.75, 3.05) is 18.5 Å². The van der Waals surface area contributed by atoms with Gasteiger partial charge in [0.1, 0.15) is 12.2 Å². The van der Waals surface area contributed by atoms with Crippen LogP contribution in [0.1, 0.15) is 0 Å². The molecule has 3 heteroatoms. The maximum atomic E-state index is 9.77. The van der Waals surface area contributed by atoms with Gasteiger partial charge in [-0.25, -0.2) is 0 Å². The standard InChI is InChI=1S/C12H15NO2/c14-11(12-7-4-8-15-12)9-13-10-5-2-1-3-6-10/h1-7,11-14H,8-9H2/t11-,12?/m1/s1. The van der Waals surface area contributed by atoms with E-state index in [2.05, 4.69) is 5.32 Å². The fraction of sp³-hybridized carbons (Fsp3) is 0.333. The molecule has 2 N–H and O–H groups in total. The van der Waals surface area contributed by atoms with Gasteiger partial charge in [-0.3, -0.25) is 0 Å². The number of hydrogen-bond acceptors (Lipinski definition) is 3. The minimum absolute atomic E-state index is 0.166. The summed E-state index contributed by atoms with van der Waals surface area (Å²) < 4.78 is 5.30. The van der Waals surface area contributed by atoms with Crippen LogP contribution in [0.2, 0.25) is 0 Å². The molecule has 1 aliphatic heterocycles. The fourth-order valence-electron chi connectivity index (χ4n) is 1.55. The van der Waals surface area contributed by atoms with Crippen LogP contribution in [0, 0.1) is 0 Å². The first-order valence-electron chi connectivity index (χ1n) is 5.11. The lowest BCUT2D eigenvalue weighted by atomic mass is 10.2. The van der Waals surface area contributed by atoms with Gasteiger partial charge in [0.05, 0.1) is 6.61 Å². The van der Waals surface area contributed by atoms with Crippen LogP contribution in [0.15, 0.2) is 42.5 Å². The molecule has 2 rings (SSSR count). The van der Waals surface area contributed by atoms with E-state index in [9.17, 15) is 5.11 Å². The molecule has 0 saturated heterocycles. The monoisotopic (exact) mass is 205 g/mol. The number of nitrogens with one attached hydrogen (secondary N) is 1. The van der Waals surface area contributed by atoms with Crippen molar-refractivity contribution in [2.45, 2.75) is 12.2 Å². The average molecular weight is 205 g/mol. The first kappa shape index (κ1) is 10.2. The van der Waals surface area contributed by atoms with Gasteiger partial charge >= 0.3 is 0 Å². The molecule has 0 amide bonds. The number of anilines is 1. The van der Waals surface area contributed by atoms with Gasteiger partial charge in [0, 0.05) is 12.2 Å². The Kier molecular flexibility index (Phi) is 3.37. The Morgan fingerprint density at radius 1 is 1.40 bits per heavy atom. The minimum atomic E-state index is -0.496. The molecular weight excluding hydrogens is 190 g/mol. The summed E-state index contributed by atoms with van der Waals surface area (Å²) in [6.07, 6.45) is 3.17. The van der Waals surface area contributed by atoms with Crippen molar-refractivity contribution < 1.29 is 9.84 Å². The maximum absolute atomic E-state index is 9.77. The third-order valence-electron chi connectivity index (χ3n) is 2.38. The van der Waals surface area contributed by atoms with Crippen LogP contribution in [0.4, 0.5) is 5.69 Å². The summed E-state index contributed by atoms with van der Waals surface area (Å²) in [6, 6.07) is 9.82. The predicted molar refractivity (Wildman–Crippen MR) is 59.8 cm³/mol. The number of para-hydroxylation sites is 1. The van der Waals surface area contributed by atoms with Crippen molar-refractivity contribution >= 4 is 5.69 Å². The summed E-state index contributed by atoms with van der Waals surface area (Å²) in [5, 5.41) is 12.9. The zero-order valence-electron chi connectivity index (χ0n) is 8.47. The molecule has 80 valence electrons. The van der Waals surface area contributed by atoms with Gasteiger partial charge in [-0.2, -0.15) is 0 Å². The highest BCUT2D eigenvalue weighted by atomic mass is 16.5. The van der Waals surface area contributed by atoms with Crippen LogP contribution in [0.5, 0.6) is 0 Å². The number of ether oxygens (including phenoxy) is 1. The smallest absolute Gasteiger partial charge is 0.104 e. The minimum Gasteiger partial charge on any atom is -0.388 e. The Morgan fingerprint density at radius 2 is 2.20 bits per heavy atom. The Balaban J connectivity index is 1.80. The second-order valence-electron chi connectivity index (χ2n) is 3.54. The molecule has 0 fully saturated rings. The van der Waals surface area contributed by atoms with E-state index in [0.29, 0.717) is 13.2 Å². The summed E-state index contributed by atoms with van der Waals surface area (Å²) >= 11 is 0. The number of benzene rings is 1. The van der Waals surface area contributed by atoms with Crippen LogP contribution >= 0.6 is 0 Å². The van der Waals surface area contributed by atoms with Gasteiger partial charge < -0.3 is 15.2 Å². The van der Waals surface area contributed by atoms with Crippen LogP contribution in [-0.2, 0) is 4.74 Å². The second-order valence-corrected chi connectivity index (χ2v) is 3.54. The third-order valence-corrected chi connectivity index (χ3v) is 2.38. The lowest BCUT2D eigenvalue weighted by Gasteiger charge is -2.17. The van der Waals surface area contributed by atoms with Crippen LogP contribution < -0.4 is 5.32 Å². The van der Waals surface area contributed by atoms with Gasteiger partial charge in [-0.05, 0) is 12.1 Å². The highest BCUT2D eigenvalue weighted by molar-refractivity contribution is 5.42. The molecule has 1 heterocycles. The molecule has 0 aromatic heterocycles. The van der Waals surface area contributed by atoms with Gasteiger partial charge in [-0.1, -0.05) is 30.4 Å². The maximum Gasteiger partial charge on any atom is 0.104 e. The molecule has 0 spiro atoms. The van der Waals surface area contributed by atoms with Crippen molar-refractivity contribution in [1.29, 1.82) is 0 Å². The highest BCUT2D eigenvalue weighted by Crippen LogP contribution is 2.10. The molecule has 0 saturated carbocycles. The van der Waals surface area contributed by atoms with Gasteiger partial charge in [0.2, 0.25) is 0 Å². The first-order valence-corrected chi connectivity index (χ1v) is 5.11. The molecule has 2 atom stereocenters. The van der Waals surface area contributed by atoms with Gasteiger partial charge in [-0.15, -0.1) is 0 Å². The molecule has 1 aromatic carbocycles. The molecule has 15 heavy (non-hydrogen) atoms. The lowest BCUT2D eigenvalue weighted by molar-refractivity contribution is 0.0206. The Bertz CT molecular complexity index is 324. The topological polar surface area (TPSA) is 41.5 Å². The summed E-state index contributed by atoms with van der Waals surface area (Å²) in [5.41, 5.74) is 1.01. The first-order chi connectivity index (χ1) is 7.36. The van der Waals surface area contributed by atoms with E-state index in [-0.39, 0.29) is 6.10 Å². The van der Waals surface area contributed by atoms with Crippen LogP contribution in [0.25, 0.3) is 0 Å². The van der Waals surface area contributed by atoms with Crippen molar-refractivity contribution in [3.63, 3.8) is 0 Å². The number of aliphatic hydroxyl groups is 1. The number of rotatable bonds is 4. The second kappa shape index (κ2) is 4.96. The average Bonchev–Trinajstić information content (AvgIpc) is 2.81. The molecule has 1 aromatic rings. The zero-order chi connectivity index (χ0) is 10.5. The number of hydrogen-bond donors (Lipinski definition) is 2. The van der Waals surface area contributed by atoms with Crippen molar-refractivity contribution in [3.8, 4) is 0 Å². The van der Waals surface area contributed by atoms with Gasteiger partial charge in [0.25, 0.3) is 0 Å². The zero-order valence-corrected chi connectivity index (χ0v) is 8.47. The van der Waals surface area contributed by atoms with E-state index in [4.69, 9.17) is 4.74 Å². The fourth-order valence-corrected chi connectivity index (χ4v) is 1.55. The Labute approximate surface area is 89.4 Å². The molecule has 0 bridgehead atoms. The molecule has 0 radical (unpaired) electrons. The van der Waals surface area contributed by atoms with Crippen LogP contribution in [0.3, 0.4) is 0 Å².